The van der Waals surface area contributed by atoms with Gasteiger partial charge in [0.15, 0.2) is 0 Å². The Hall–Kier alpha value is -3.08. The number of para-hydroxylation sites is 1. The van der Waals surface area contributed by atoms with E-state index in [-0.39, 0.29) is 11.8 Å². The van der Waals surface area contributed by atoms with Gasteiger partial charge in [0.05, 0.1) is 5.56 Å². The van der Waals surface area contributed by atoms with Crippen molar-refractivity contribution in [3.8, 4) is 0 Å². The standard InChI is InChI=1S/C18H17N3O2/c1-11-7-12(2)9-13(8-11)17(22)20-21-18(23)15-10-19-16-6-4-3-5-14(15)16/h3-10,19H,1-2H3,(H,20,22)(H,21,23). The number of fused-ring (bicyclic) bond motifs is 1. The van der Waals surface area contributed by atoms with E-state index in [1.54, 1.807) is 18.3 Å². The van der Waals surface area contributed by atoms with Gasteiger partial charge in [0.2, 0.25) is 0 Å². The number of carbonyl (C=O) groups excluding carboxylic acids is 2. The second kappa shape index (κ2) is 5.96. The SMILES string of the molecule is Cc1cc(C)cc(C(=O)NNC(=O)c2c[nH]c3ccccc23)c1. The van der Waals surface area contributed by atoms with Crippen molar-refractivity contribution >= 4 is 22.7 Å². The van der Waals surface area contributed by atoms with Crippen molar-refractivity contribution in [2.45, 2.75) is 13.8 Å². The number of carbonyl (C=O) groups is 2. The Labute approximate surface area is 133 Å². The van der Waals surface area contributed by atoms with E-state index in [1.165, 1.54) is 0 Å². The van der Waals surface area contributed by atoms with Gasteiger partial charge in [-0.15, -0.1) is 0 Å². The van der Waals surface area contributed by atoms with Crippen LogP contribution >= 0.6 is 0 Å². The third-order valence-electron chi connectivity index (χ3n) is 3.61. The summed E-state index contributed by atoms with van der Waals surface area (Å²) in [4.78, 5) is 27.4. The summed E-state index contributed by atoms with van der Waals surface area (Å²) < 4.78 is 0. The van der Waals surface area contributed by atoms with Crippen LogP contribution in [0.25, 0.3) is 10.9 Å². The molecule has 3 rings (SSSR count). The van der Waals surface area contributed by atoms with Crippen molar-refractivity contribution in [2.24, 2.45) is 0 Å². The molecule has 3 aromatic rings. The normalized spacial score (nSPS) is 10.5. The first-order valence-electron chi connectivity index (χ1n) is 7.29. The molecule has 0 fully saturated rings. The molecule has 0 spiro atoms. The molecule has 1 heterocycles. The Morgan fingerprint density at radius 3 is 2.30 bits per heavy atom. The Balaban J connectivity index is 1.72. The van der Waals surface area contributed by atoms with Crippen molar-refractivity contribution < 1.29 is 9.59 Å². The summed E-state index contributed by atoms with van der Waals surface area (Å²) in [5, 5.41) is 0.811. The predicted molar refractivity (Wildman–Crippen MR) is 89.1 cm³/mol. The number of amides is 2. The van der Waals surface area contributed by atoms with Crippen LogP contribution in [0.15, 0.2) is 48.7 Å². The molecule has 0 unspecified atom stereocenters. The summed E-state index contributed by atoms with van der Waals surface area (Å²) in [6, 6.07) is 13.0. The van der Waals surface area contributed by atoms with Gasteiger partial charge < -0.3 is 4.98 Å². The van der Waals surface area contributed by atoms with Crippen molar-refractivity contribution in [1.82, 2.24) is 15.8 Å². The maximum absolute atomic E-state index is 12.2. The molecule has 0 aliphatic heterocycles. The van der Waals surface area contributed by atoms with Gasteiger partial charge >= 0.3 is 0 Å². The fourth-order valence-electron chi connectivity index (χ4n) is 2.62. The molecule has 5 nitrogen and oxygen atoms in total. The monoisotopic (exact) mass is 307 g/mol. The lowest BCUT2D eigenvalue weighted by molar-refractivity contribution is 0.0847. The van der Waals surface area contributed by atoms with Crippen LogP contribution in [0.4, 0.5) is 0 Å². The quantitative estimate of drug-likeness (QED) is 0.637. The summed E-state index contributed by atoms with van der Waals surface area (Å²) in [6.45, 7) is 3.85. The molecule has 23 heavy (non-hydrogen) atoms. The van der Waals surface area contributed by atoms with Crippen LogP contribution in [0.3, 0.4) is 0 Å². The maximum Gasteiger partial charge on any atom is 0.271 e. The highest BCUT2D eigenvalue weighted by Crippen LogP contribution is 2.17. The van der Waals surface area contributed by atoms with Gasteiger partial charge in [0.25, 0.3) is 11.8 Å². The molecular weight excluding hydrogens is 290 g/mol. The molecule has 2 amide bonds. The molecule has 0 atom stereocenters. The van der Waals surface area contributed by atoms with Gasteiger partial charge in [0.1, 0.15) is 0 Å². The average Bonchev–Trinajstić information content (AvgIpc) is 2.95. The molecule has 0 radical (unpaired) electrons. The second-order valence-corrected chi connectivity index (χ2v) is 5.53. The van der Waals surface area contributed by atoms with Crippen molar-refractivity contribution in [2.75, 3.05) is 0 Å². The van der Waals surface area contributed by atoms with E-state index >= 15 is 0 Å². The van der Waals surface area contributed by atoms with Crippen molar-refractivity contribution in [1.29, 1.82) is 0 Å². The molecule has 5 heteroatoms. The maximum atomic E-state index is 12.2. The number of benzene rings is 2. The first kappa shape index (κ1) is 14.8. The number of nitrogens with one attached hydrogen (secondary N) is 3. The molecule has 0 saturated carbocycles. The van der Waals surface area contributed by atoms with E-state index in [1.807, 2.05) is 44.2 Å². The van der Waals surface area contributed by atoms with Crippen LogP contribution in [0, 0.1) is 13.8 Å². The van der Waals surface area contributed by atoms with Crippen molar-refractivity contribution in [3.63, 3.8) is 0 Å². The fraction of sp³-hybridized carbons (Fsp3) is 0.111. The molecule has 2 aromatic carbocycles. The third kappa shape index (κ3) is 3.08. The van der Waals surface area contributed by atoms with Crippen LogP contribution in [0.1, 0.15) is 31.8 Å². The summed E-state index contributed by atoms with van der Waals surface area (Å²) in [5.74, 6) is -0.704. The first-order chi connectivity index (χ1) is 11.0. The Morgan fingerprint density at radius 2 is 1.57 bits per heavy atom. The van der Waals surface area contributed by atoms with Crippen LogP contribution in [-0.2, 0) is 0 Å². The van der Waals surface area contributed by atoms with Crippen molar-refractivity contribution in [3.05, 3.63) is 70.9 Å². The van der Waals surface area contributed by atoms with E-state index in [2.05, 4.69) is 15.8 Å². The zero-order chi connectivity index (χ0) is 16.4. The van der Waals surface area contributed by atoms with Gasteiger partial charge in [-0.05, 0) is 32.0 Å². The van der Waals surface area contributed by atoms with Gasteiger partial charge in [-0.2, -0.15) is 0 Å². The summed E-state index contributed by atoms with van der Waals surface area (Å²) in [5.41, 5.74) is 8.78. The number of aromatic nitrogens is 1. The molecule has 0 bridgehead atoms. The zero-order valence-electron chi connectivity index (χ0n) is 12.9. The Kier molecular flexibility index (Phi) is 3.85. The number of hydrogen-bond donors (Lipinski definition) is 3. The summed E-state index contributed by atoms with van der Waals surface area (Å²) >= 11 is 0. The molecule has 0 saturated heterocycles. The van der Waals surface area contributed by atoms with E-state index in [0.717, 1.165) is 22.0 Å². The van der Waals surface area contributed by atoms with E-state index < -0.39 is 0 Å². The number of hydrazine groups is 1. The number of rotatable bonds is 2. The molecule has 0 aliphatic rings. The number of aryl methyl sites for hydroxylation is 2. The van der Waals surface area contributed by atoms with Crippen LogP contribution in [0.5, 0.6) is 0 Å². The number of aromatic amines is 1. The van der Waals surface area contributed by atoms with Crippen LogP contribution in [0.2, 0.25) is 0 Å². The predicted octanol–water partition coefficient (Wildman–Crippen LogP) is 2.86. The van der Waals surface area contributed by atoms with E-state index in [4.69, 9.17) is 0 Å². The van der Waals surface area contributed by atoms with Gasteiger partial charge in [-0.25, -0.2) is 0 Å². The molecule has 1 aromatic heterocycles. The van der Waals surface area contributed by atoms with Crippen LogP contribution < -0.4 is 10.9 Å². The minimum atomic E-state index is -0.361. The lowest BCUT2D eigenvalue weighted by Crippen LogP contribution is -2.41. The zero-order valence-corrected chi connectivity index (χ0v) is 12.9. The Bertz CT molecular complexity index is 876. The van der Waals surface area contributed by atoms with Gasteiger partial charge in [-0.3, -0.25) is 20.4 Å². The van der Waals surface area contributed by atoms with E-state index in [9.17, 15) is 9.59 Å². The number of hydrogen-bond acceptors (Lipinski definition) is 2. The first-order valence-corrected chi connectivity index (χ1v) is 7.29. The lowest BCUT2D eigenvalue weighted by Gasteiger charge is -2.08. The lowest BCUT2D eigenvalue weighted by atomic mass is 10.1. The highest BCUT2D eigenvalue weighted by molar-refractivity contribution is 6.07. The highest BCUT2D eigenvalue weighted by atomic mass is 16.2. The molecule has 0 aliphatic carbocycles. The minimum absolute atomic E-state index is 0.343. The topological polar surface area (TPSA) is 74.0 Å². The van der Waals surface area contributed by atoms with E-state index in [0.29, 0.717) is 11.1 Å². The highest BCUT2D eigenvalue weighted by Gasteiger charge is 2.13. The molecular formula is C18H17N3O2. The average molecular weight is 307 g/mol. The Morgan fingerprint density at radius 1 is 0.913 bits per heavy atom. The summed E-state index contributed by atoms with van der Waals surface area (Å²) in [7, 11) is 0. The second-order valence-electron chi connectivity index (χ2n) is 5.53. The van der Waals surface area contributed by atoms with Gasteiger partial charge in [0, 0.05) is 22.7 Å². The smallest absolute Gasteiger partial charge is 0.271 e. The van der Waals surface area contributed by atoms with Crippen LogP contribution in [-0.4, -0.2) is 16.8 Å². The molecule has 116 valence electrons. The summed E-state index contributed by atoms with van der Waals surface area (Å²) in [6.07, 6.45) is 1.63. The molecule has 3 N–H and O–H groups in total. The number of H-pyrrole nitrogens is 1. The minimum Gasteiger partial charge on any atom is -0.360 e. The fourth-order valence-corrected chi connectivity index (χ4v) is 2.62. The third-order valence-corrected chi connectivity index (χ3v) is 3.61. The largest absolute Gasteiger partial charge is 0.360 e. The van der Waals surface area contributed by atoms with Gasteiger partial charge in [-0.1, -0.05) is 35.4 Å².